The van der Waals surface area contributed by atoms with Crippen LogP contribution < -0.4 is 5.32 Å². The van der Waals surface area contributed by atoms with Crippen molar-refractivity contribution >= 4 is 6.03 Å². The molecule has 1 N–H and O–H groups in total. The number of urea groups is 1. The number of hydrogen-bond donors (Lipinski definition) is 1. The molecule has 2 fully saturated rings. The number of rotatable bonds is 4. The summed E-state index contributed by atoms with van der Waals surface area (Å²) < 4.78 is 0. The first kappa shape index (κ1) is 10.7. The van der Waals surface area contributed by atoms with Crippen molar-refractivity contribution < 1.29 is 4.79 Å². The molecule has 2 saturated heterocycles. The van der Waals surface area contributed by atoms with E-state index in [0.717, 1.165) is 32.6 Å². The Labute approximate surface area is 91.6 Å². The summed E-state index contributed by atoms with van der Waals surface area (Å²) in [6, 6.07) is 0.119. The van der Waals surface area contributed by atoms with Crippen LogP contribution in [0.15, 0.2) is 0 Å². The lowest BCUT2D eigenvalue weighted by atomic mass is 10.1. The Kier molecular flexibility index (Phi) is 3.83. The molecule has 2 rings (SSSR count). The fraction of sp³-hybridized carbons (Fsp3) is 0.909. The van der Waals surface area contributed by atoms with Crippen molar-refractivity contribution in [3.8, 4) is 0 Å². The summed E-state index contributed by atoms with van der Waals surface area (Å²) in [4.78, 5) is 15.7. The van der Waals surface area contributed by atoms with Crippen LogP contribution in [0.25, 0.3) is 0 Å². The molecule has 15 heavy (non-hydrogen) atoms. The molecular formula is C11H21N3O. The van der Waals surface area contributed by atoms with Crippen molar-refractivity contribution in [1.82, 2.24) is 15.1 Å². The maximum atomic E-state index is 11.3. The summed E-state index contributed by atoms with van der Waals surface area (Å²) in [6.07, 6.45) is 5.22. The summed E-state index contributed by atoms with van der Waals surface area (Å²) in [5.74, 6) is 0. The Morgan fingerprint density at radius 2 is 1.87 bits per heavy atom. The number of amides is 2. The molecule has 2 amide bonds. The second kappa shape index (κ2) is 5.35. The van der Waals surface area contributed by atoms with E-state index < -0.39 is 0 Å². The van der Waals surface area contributed by atoms with Gasteiger partial charge in [-0.05, 0) is 38.9 Å². The fourth-order valence-corrected chi connectivity index (χ4v) is 2.39. The lowest BCUT2D eigenvalue weighted by Crippen LogP contribution is -2.34. The molecule has 0 aromatic heterocycles. The lowest BCUT2D eigenvalue weighted by molar-refractivity contribution is 0.201. The topological polar surface area (TPSA) is 35.6 Å². The molecule has 4 nitrogen and oxygen atoms in total. The largest absolute Gasteiger partial charge is 0.336 e. The van der Waals surface area contributed by atoms with Crippen LogP contribution in [-0.4, -0.2) is 55.1 Å². The maximum Gasteiger partial charge on any atom is 0.317 e. The molecule has 2 heterocycles. The zero-order valence-corrected chi connectivity index (χ0v) is 9.37. The minimum absolute atomic E-state index is 0.119. The standard InChI is InChI=1S/C11H21N3O/c15-11-12-5-10-14(11)9-4-8-13-6-2-1-3-7-13/h1-10H2,(H,12,15). The van der Waals surface area contributed by atoms with E-state index in [2.05, 4.69) is 10.2 Å². The first-order valence-corrected chi connectivity index (χ1v) is 6.11. The number of nitrogens with zero attached hydrogens (tertiary/aromatic N) is 2. The fourth-order valence-electron chi connectivity index (χ4n) is 2.39. The molecule has 0 spiro atoms. The van der Waals surface area contributed by atoms with Crippen molar-refractivity contribution in [2.75, 3.05) is 39.3 Å². The van der Waals surface area contributed by atoms with Gasteiger partial charge in [-0.15, -0.1) is 0 Å². The second-order valence-electron chi connectivity index (χ2n) is 4.47. The maximum absolute atomic E-state index is 11.3. The van der Waals surface area contributed by atoms with Crippen LogP contribution in [0.5, 0.6) is 0 Å². The first-order valence-electron chi connectivity index (χ1n) is 6.11. The predicted molar refractivity (Wildman–Crippen MR) is 59.9 cm³/mol. The van der Waals surface area contributed by atoms with Crippen molar-refractivity contribution in [3.63, 3.8) is 0 Å². The number of piperidine rings is 1. The van der Waals surface area contributed by atoms with Gasteiger partial charge >= 0.3 is 6.03 Å². The Balaban J connectivity index is 1.59. The van der Waals surface area contributed by atoms with Crippen LogP contribution in [0.2, 0.25) is 0 Å². The van der Waals surface area contributed by atoms with Gasteiger partial charge in [-0.25, -0.2) is 4.79 Å². The van der Waals surface area contributed by atoms with Gasteiger partial charge in [0, 0.05) is 19.6 Å². The summed E-state index contributed by atoms with van der Waals surface area (Å²) in [6.45, 7) is 6.30. The van der Waals surface area contributed by atoms with Crippen molar-refractivity contribution in [2.24, 2.45) is 0 Å². The van der Waals surface area contributed by atoms with Crippen LogP contribution in [0.4, 0.5) is 4.79 Å². The van der Waals surface area contributed by atoms with Gasteiger partial charge in [-0.1, -0.05) is 6.42 Å². The molecule has 0 aliphatic carbocycles. The number of carbonyl (C=O) groups excluding carboxylic acids is 1. The first-order chi connectivity index (χ1) is 7.36. The van der Waals surface area contributed by atoms with Gasteiger partial charge in [-0.3, -0.25) is 0 Å². The van der Waals surface area contributed by atoms with Gasteiger partial charge in [0.2, 0.25) is 0 Å². The number of hydrogen-bond acceptors (Lipinski definition) is 2. The molecule has 4 heteroatoms. The third-order valence-corrected chi connectivity index (χ3v) is 3.30. The van der Waals surface area contributed by atoms with Crippen LogP contribution in [-0.2, 0) is 0 Å². The average molecular weight is 211 g/mol. The molecule has 0 bridgehead atoms. The number of likely N-dealkylation sites (tertiary alicyclic amines) is 1. The highest BCUT2D eigenvalue weighted by Crippen LogP contribution is 2.09. The van der Waals surface area contributed by atoms with Crippen molar-refractivity contribution in [3.05, 3.63) is 0 Å². The summed E-state index contributed by atoms with van der Waals surface area (Å²) >= 11 is 0. The minimum Gasteiger partial charge on any atom is -0.336 e. The monoisotopic (exact) mass is 211 g/mol. The quantitative estimate of drug-likeness (QED) is 0.749. The smallest absolute Gasteiger partial charge is 0.317 e. The SMILES string of the molecule is O=C1NCCN1CCCN1CCCCC1. The van der Waals surface area contributed by atoms with E-state index in [1.807, 2.05) is 4.90 Å². The van der Waals surface area contributed by atoms with Gasteiger partial charge < -0.3 is 15.1 Å². The summed E-state index contributed by atoms with van der Waals surface area (Å²) in [5, 5.41) is 2.83. The highest BCUT2D eigenvalue weighted by atomic mass is 16.2. The third kappa shape index (κ3) is 3.09. The molecule has 0 atom stereocenters. The predicted octanol–water partition coefficient (Wildman–Crippen LogP) is 0.888. The zero-order chi connectivity index (χ0) is 10.5. The van der Waals surface area contributed by atoms with Gasteiger partial charge in [0.1, 0.15) is 0 Å². The summed E-state index contributed by atoms with van der Waals surface area (Å²) in [7, 11) is 0. The molecule has 0 unspecified atom stereocenters. The van der Waals surface area contributed by atoms with Crippen LogP contribution >= 0.6 is 0 Å². The average Bonchev–Trinajstić information content (AvgIpc) is 2.66. The Bertz CT molecular complexity index is 214. The number of carbonyl (C=O) groups is 1. The van der Waals surface area contributed by atoms with Gasteiger partial charge in [0.05, 0.1) is 0 Å². The van der Waals surface area contributed by atoms with Gasteiger partial charge in [0.15, 0.2) is 0 Å². The van der Waals surface area contributed by atoms with Gasteiger partial charge in [0.25, 0.3) is 0 Å². The van der Waals surface area contributed by atoms with E-state index in [9.17, 15) is 4.79 Å². The second-order valence-corrected chi connectivity index (χ2v) is 4.47. The zero-order valence-electron chi connectivity index (χ0n) is 9.37. The van der Waals surface area contributed by atoms with Crippen LogP contribution in [0.3, 0.4) is 0 Å². The molecular weight excluding hydrogens is 190 g/mol. The normalized spacial score (nSPS) is 23.2. The molecule has 86 valence electrons. The lowest BCUT2D eigenvalue weighted by Gasteiger charge is -2.27. The Morgan fingerprint density at radius 3 is 2.53 bits per heavy atom. The van der Waals surface area contributed by atoms with E-state index in [-0.39, 0.29) is 6.03 Å². The van der Waals surface area contributed by atoms with E-state index in [0.29, 0.717) is 0 Å². The molecule has 0 radical (unpaired) electrons. The molecule has 2 aliphatic heterocycles. The van der Waals surface area contributed by atoms with E-state index in [4.69, 9.17) is 0 Å². The molecule has 2 aliphatic rings. The molecule has 0 aromatic rings. The van der Waals surface area contributed by atoms with Crippen molar-refractivity contribution in [2.45, 2.75) is 25.7 Å². The highest BCUT2D eigenvalue weighted by molar-refractivity contribution is 5.76. The minimum atomic E-state index is 0.119. The molecule has 0 saturated carbocycles. The van der Waals surface area contributed by atoms with Crippen LogP contribution in [0, 0.1) is 0 Å². The summed E-state index contributed by atoms with van der Waals surface area (Å²) in [5.41, 5.74) is 0. The Morgan fingerprint density at radius 1 is 1.07 bits per heavy atom. The third-order valence-electron chi connectivity index (χ3n) is 3.30. The highest BCUT2D eigenvalue weighted by Gasteiger charge is 2.18. The number of nitrogens with one attached hydrogen (secondary N) is 1. The van der Waals surface area contributed by atoms with Crippen molar-refractivity contribution in [1.29, 1.82) is 0 Å². The van der Waals surface area contributed by atoms with Gasteiger partial charge in [-0.2, -0.15) is 0 Å². The van der Waals surface area contributed by atoms with E-state index in [1.54, 1.807) is 0 Å². The van der Waals surface area contributed by atoms with E-state index >= 15 is 0 Å². The van der Waals surface area contributed by atoms with E-state index in [1.165, 1.54) is 32.4 Å². The molecule has 0 aromatic carbocycles. The Hall–Kier alpha value is -0.770. The van der Waals surface area contributed by atoms with Crippen LogP contribution in [0.1, 0.15) is 25.7 Å².